The minimum absolute atomic E-state index is 0.0334. The molecule has 2 aliphatic rings. The van der Waals surface area contributed by atoms with Crippen LogP contribution in [0.25, 0.3) is 16.3 Å². The Morgan fingerprint density at radius 2 is 1.93 bits per heavy atom. The number of hydrogen-bond donors (Lipinski definition) is 0. The molecule has 3 aromatic rings. The lowest BCUT2D eigenvalue weighted by atomic mass is 10.0. The molecule has 2 aromatic carbocycles. The van der Waals surface area contributed by atoms with Crippen molar-refractivity contribution in [3.8, 4) is 11.5 Å². The van der Waals surface area contributed by atoms with Crippen molar-refractivity contribution in [2.75, 3.05) is 19.8 Å². The first kappa shape index (κ1) is 19.1. The van der Waals surface area contributed by atoms with E-state index in [1.165, 1.54) is 4.70 Å². The molecule has 1 atom stereocenters. The number of para-hydroxylation sites is 1. The molecule has 30 heavy (non-hydrogen) atoms. The summed E-state index contributed by atoms with van der Waals surface area (Å²) < 4.78 is 12.6. The summed E-state index contributed by atoms with van der Waals surface area (Å²) in [6, 6.07) is 14.0. The molecule has 1 amide bonds. The lowest BCUT2D eigenvalue weighted by Crippen LogP contribution is -2.37. The van der Waals surface area contributed by atoms with Crippen LogP contribution < -0.4 is 9.47 Å². The van der Waals surface area contributed by atoms with Crippen molar-refractivity contribution < 1.29 is 14.3 Å². The molecule has 0 N–H and O–H groups in total. The van der Waals surface area contributed by atoms with E-state index in [4.69, 9.17) is 14.5 Å². The largest absolute Gasteiger partial charge is 0.490 e. The van der Waals surface area contributed by atoms with E-state index in [0.717, 1.165) is 59.8 Å². The molecule has 1 saturated heterocycles. The van der Waals surface area contributed by atoms with Gasteiger partial charge in [-0.25, -0.2) is 4.98 Å². The molecular formula is C24H24N2O3S. The van der Waals surface area contributed by atoms with Gasteiger partial charge in [0.25, 0.3) is 0 Å². The van der Waals surface area contributed by atoms with Gasteiger partial charge >= 0.3 is 0 Å². The number of ether oxygens (including phenoxy) is 2. The first-order chi connectivity index (χ1) is 14.8. The molecule has 0 aliphatic carbocycles. The number of piperidine rings is 1. The fraction of sp³-hybridized carbons (Fsp3) is 0.333. The Labute approximate surface area is 179 Å². The average Bonchev–Trinajstić information content (AvgIpc) is 3.08. The molecule has 154 valence electrons. The quantitative estimate of drug-likeness (QED) is 0.545. The van der Waals surface area contributed by atoms with Gasteiger partial charge in [-0.05, 0) is 55.2 Å². The normalized spacial score (nSPS) is 19.2. The molecule has 5 rings (SSSR count). The molecule has 0 bridgehead atoms. The maximum absolute atomic E-state index is 13.1. The van der Waals surface area contributed by atoms with E-state index in [1.54, 1.807) is 17.4 Å². The second kappa shape index (κ2) is 8.48. The van der Waals surface area contributed by atoms with E-state index < -0.39 is 0 Å². The first-order valence-corrected chi connectivity index (χ1v) is 11.3. The van der Waals surface area contributed by atoms with Crippen molar-refractivity contribution in [1.29, 1.82) is 0 Å². The van der Waals surface area contributed by atoms with Crippen molar-refractivity contribution >= 4 is 33.5 Å². The van der Waals surface area contributed by atoms with Crippen molar-refractivity contribution in [3.05, 3.63) is 59.1 Å². The van der Waals surface area contributed by atoms with Gasteiger partial charge in [-0.1, -0.05) is 18.2 Å². The highest BCUT2D eigenvalue weighted by molar-refractivity contribution is 7.18. The average molecular weight is 421 g/mol. The number of thiazole rings is 1. The zero-order chi connectivity index (χ0) is 20.3. The summed E-state index contributed by atoms with van der Waals surface area (Å²) in [5.41, 5.74) is 1.94. The standard InChI is InChI=1S/C24H24N2O3S/c27-23(12-10-17-9-11-20-21(16-17)29-15-5-14-28-20)26-13-4-3-7-19(26)24-25-18-6-1-2-8-22(18)30-24/h1-2,6,8-12,16,19H,3-5,7,13-15H2/b12-10+. The van der Waals surface area contributed by atoms with Gasteiger partial charge in [0.1, 0.15) is 5.01 Å². The van der Waals surface area contributed by atoms with Crippen LogP contribution in [0.4, 0.5) is 0 Å². The maximum atomic E-state index is 13.1. The molecule has 5 nitrogen and oxygen atoms in total. The minimum atomic E-state index is 0.0334. The minimum Gasteiger partial charge on any atom is -0.490 e. The lowest BCUT2D eigenvalue weighted by molar-refractivity contribution is -0.129. The topological polar surface area (TPSA) is 51.7 Å². The van der Waals surface area contributed by atoms with Crippen LogP contribution in [0.15, 0.2) is 48.5 Å². The molecule has 0 spiro atoms. The Bertz CT molecular complexity index is 1060. The van der Waals surface area contributed by atoms with Crippen LogP contribution in [0.3, 0.4) is 0 Å². The second-order valence-electron chi connectivity index (χ2n) is 7.65. The van der Waals surface area contributed by atoms with Crippen LogP contribution >= 0.6 is 11.3 Å². The molecule has 2 aliphatic heterocycles. The van der Waals surface area contributed by atoms with Crippen molar-refractivity contribution in [3.63, 3.8) is 0 Å². The number of carbonyl (C=O) groups is 1. The van der Waals surface area contributed by atoms with Crippen LogP contribution in [0.5, 0.6) is 11.5 Å². The summed E-state index contributed by atoms with van der Waals surface area (Å²) in [4.78, 5) is 19.9. The summed E-state index contributed by atoms with van der Waals surface area (Å²) >= 11 is 1.70. The van der Waals surface area contributed by atoms with Gasteiger partial charge in [-0.2, -0.15) is 0 Å². The summed E-state index contributed by atoms with van der Waals surface area (Å²) in [6.45, 7) is 2.09. The Kier molecular flexibility index (Phi) is 5.41. The van der Waals surface area contributed by atoms with E-state index >= 15 is 0 Å². The van der Waals surface area contributed by atoms with Crippen LogP contribution in [0, 0.1) is 0 Å². The highest BCUT2D eigenvalue weighted by Crippen LogP contribution is 2.36. The van der Waals surface area contributed by atoms with Crippen molar-refractivity contribution in [2.45, 2.75) is 31.7 Å². The highest BCUT2D eigenvalue weighted by Gasteiger charge is 2.29. The highest BCUT2D eigenvalue weighted by atomic mass is 32.1. The Hall–Kier alpha value is -2.86. The van der Waals surface area contributed by atoms with Gasteiger partial charge in [-0.15, -0.1) is 11.3 Å². The number of nitrogens with zero attached hydrogens (tertiary/aromatic N) is 2. The van der Waals surface area contributed by atoms with Gasteiger partial charge in [0.2, 0.25) is 5.91 Å². The number of likely N-dealkylation sites (tertiary alicyclic amines) is 1. The summed E-state index contributed by atoms with van der Waals surface area (Å²) in [5, 5.41) is 1.04. The predicted octanol–water partition coefficient (Wildman–Crippen LogP) is 5.22. The molecule has 0 saturated carbocycles. The number of hydrogen-bond acceptors (Lipinski definition) is 5. The van der Waals surface area contributed by atoms with Crippen LogP contribution in [-0.2, 0) is 4.79 Å². The van der Waals surface area contributed by atoms with E-state index in [9.17, 15) is 4.79 Å². The zero-order valence-electron chi connectivity index (χ0n) is 16.8. The Balaban J connectivity index is 1.35. The fourth-order valence-electron chi connectivity index (χ4n) is 4.03. The molecule has 1 aromatic heterocycles. The zero-order valence-corrected chi connectivity index (χ0v) is 17.6. The second-order valence-corrected chi connectivity index (χ2v) is 8.72. The van der Waals surface area contributed by atoms with Crippen LogP contribution in [-0.4, -0.2) is 35.5 Å². The SMILES string of the molecule is O=C(/C=C/c1ccc2c(c1)OCCCO2)N1CCCCC1c1nc2ccccc2s1. The maximum Gasteiger partial charge on any atom is 0.247 e. The van der Waals surface area contributed by atoms with Crippen molar-refractivity contribution in [1.82, 2.24) is 9.88 Å². The van der Waals surface area contributed by atoms with Gasteiger partial charge in [-0.3, -0.25) is 4.79 Å². The first-order valence-electron chi connectivity index (χ1n) is 10.5. The number of rotatable bonds is 3. The van der Waals surface area contributed by atoms with Gasteiger partial charge < -0.3 is 14.4 Å². The van der Waals surface area contributed by atoms with E-state index in [2.05, 4.69) is 6.07 Å². The number of benzene rings is 2. The number of carbonyl (C=O) groups excluding carboxylic acids is 1. The summed E-state index contributed by atoms with van der Waals surface area (Å²) in [7, 11) is 0. The summed E-state index contributed by atoms with van der Waals surface area (Å²) in [5.74, 6) is 1.54. The fourth-order valence-corrected chi connectivity index (χ4v) is 5.15. The van der Waals surface area contributed by atoms with E-state index in [0.29, 0.717) is 13.2 Å². The monoisotopic (exact) mass is 420 g/mol. The van der Waals surface area contributed by atoms with E-state index in [1.807, 2.05) is 47.4 Å². The number of aromatic nitrogens is 1. The van der Waals surface area contributed by atoms with Crippen LogP contribution in [0.2, 0.25) is 0 Å². The van der Waals surface area contributed by atoms with Gasteiger partial charge in [0.15, 0.2) is 11.5 Å². The lowest BCUT2D eigenvalue weighted by Gasteiger charge is -2.33. The molecular weight excluding hydrogens is 396 g/mol. The molecule has 0 radical (unpaired) electrons. The van der Waals surface area contributed by atoms with Crippen molar-refractivity contribution in [2.24, 2.45) is 0 Å². The summed E-state index contributed by atoms with van der Waals surface area (Å²) in [6.07, 6.45) is 7.52. The third kappa shape index (κ3) is 3.92. The van der Waals surface area contributed by atoms with Crippen LogP contribution in [0.1, 0.15) is 42.3 Å². The predicted molar refractivity (Wildman–Crippen MR) is 119 cm³/mol. The molecule has 1 fully saturated rings. The third-order valence-electron chi connectivity index (χ3n) is 5.57. The number of amides is 1. The molecule has 3 heterocycles. The van der Waals surface area contributed by atoms with E-state index in [-0.39, 0.29) is 11.9 Å². The van der Waals surface area contributed by atoms with Gasteiger partial charge in [0, 0.05) is 19.0 Å². The molecule has 6 heteroatoms. The molecule has 1 unspecified atom stereocenters. The Morgan fingerprint density at radius 1 is 1.07 bits per heavy atom. The smallest absolute Gasteiger partial charge is 0.247 e. The third-order valence-corrected chi connectivity index (χ3v) is 6.71. The number of fused-ring (bicyclic) bond motifs is 2. The van der Waals surface area contributed by atoms with Gasteiger partial charge in [0.05, 0.1) is 29.5 Å². The Morgan fingerprint density at radius 3 is 2.83 bits per heavy atom.